The van der Waals surface area contributed by atoms with Gasteiger partial charge in [-0.05, 0) is 13.8 Å². The lowest BCUT2D eigenvalue weighted by molar-refractivity contribution is 1.46. The molecule has 0 N–H and O–H groups in total. The third kappa shape index (κ3) is 1.70. The molecule has 1 unspecified atom stereocenters. The van der Waals surface area contributed by atoms with Crippen molar-refractivity contribution in [3.63, 3.8) is 0 Å². The summed E-state index contributed by atoms with van der Waals surface area (Å²) in [6.45, 7) is 6.82. The largest absolute Gasteiger partial charge is 0.147 e. The van der Waals surface area contributed by atoms with E-state index in [2.05, 4.69) is 32.2 Å². The zero-order valence-corrected chi connectivity index (χ0v) is 8.11. The molecule has 0 nitrogen and oxygen atoms in total. The van der Waals surface area contributed by atoms with Gasteiger partial charge in [-0.2, -0.15) is 0 Å². The summed E-state index contributed by atoms with van der Waals surface area (Å²) in [5, 5.41) is 1.66. The van der Waals surface area contributed by atoms with Crippen LogP contribution in [0.1, 0.15) is 13.8 Å². The standard InChI is InChI=1S/C7H12Si.ClH/c1-6-4-5-8(3)7(6)2;/h4-5,8H,1-3H3;1H. The molecule has 52 valence electrons. The Kier molecular flexibility index (Phi) is 3.23. The van der Waals surface area contributed by atoms with Crippen molar-refractivity contribution in [2.45, 2.75) is 20.4 Å². The van der Waals surface area contributed by atoms with Crippen LogP contribution in [0.2, 0.25) is 6.55 Å². The molecule has 1 atom stereocenters. The van der Waals surface area contributed by atoms with Crippen LogP contribution in [-0.2, 0) is 0 Å². The van der Waals surface area contributed by atoms with E-state index in [9.17, 15) is 0 Å². The van der Waals surface area contributed by atoms with Gasteiger partial charge in [0.1, 0.15) is 0 Å². The average molecular weight is 161 g/mol. The van der Waals surface area contributed by atoms with Gasteiger partial charge in [0.15, 0.2) is 0 Å². The minimum atomic E-state index is -0.502. The number of hydrogen-bond acceptors (Lipinski definition) is 0. The van der Waals surface area contributed by atoms with E-state index in [0.717, 1.165) is 0 Å². The molecule has 1 rings (SSSR count). The van der Waals surface area contributed by atoms with Crippen LogP contribution in [0.5, 0.6) is 0 Å². The highest BCUT2D eigenvalue weighted by Crippen LogP contribution is 2.15. The Morgan fingerprint density at radius 1 is 1.33 bits per heavy atom. The van der Waals surface area contributed by atoms with Crippen LogP contribution in [0.25, 0.3) is 0 Å². The lowest BCUT2D eigenvalue weighted by Crippen LogP contribution is -2.01. The van der Waals surface area contributed by atoms with Crippen LogP contribution in [-0.4, -0.2) is 8.80 Å². The van der Waals surface area contributed by atoms with E-state index in [1.54, 1.807) is 5.20 Å². The first-order chi connectivity index (χ1) is 3.72. The molecule has 0 aromatic heterocycles. The minimum absolute atomic E-state index is 0. The lowest BCUT2D eigenvalue weighted by Gasteiger charge is -1.97. The second-order valence-electron chi connectivity index (χ2n) is 2.51. The first kappa shape index (κ1) is 8.99. The average Bonchev–Trinajstić information content (AvgIpc) is 1.98. The molecule has 0 spiro atoms. The third-order valence-electron chi connectivity index (χ3n) is 1.94. The van der Waals surface area contributed by atoms with Crippen molar-refractivity contribution in [3.8, 4) is 0 Å². The molecule has 0 aliphatic carbocycles. The van der Waals surface area contributed by atoms with Crippen LogP contribution in [0.3, 0.4) is 0 Å². The Hall–Kier alpha value is -0.0131. The molecule has 0 saturated carbocycles. The summed E-state index contributed by atoms with van der Waals surface area (Å²) >= 11 is 0. The third-order valence-corrected chi connectivity index (χ3v) is 4.53. The van der Waals surface area contributed by atoms with E-state index in [4.69, 9.17) is 0 Å². The van der Waals surface area contributed by atoms with Crippen LogP contribution in [0.15, 0.2) is 22.5 Å². The summed E-state index contributed by atoms with van der Waals surface area (Å²) < 4.78 is 0. The van der Waals surface area contributed by atoms with Gasteiger partial charge in [-0.3, -0.25) is 0 Å². The smallest absolute Gasteiger partial charge is 0.0858 e. The maximum atomic E-state index is 2.38. The molecule has 1 aliphatic heterocycles. The predicted octanol–water partition coefficient (Wildman–Crippen LogP) is 2.25. The highest BCUT2D eigenvalue weighted by atomic mass is 35.5. The predicted molar refractivity (Wildman–Crippen MR) is 47.8 cm³/mol. The van der Waals surface area contributed by atoms with Gasteiger partial charge in [0.05, 0.1) is 8.80 Å². The second kappa shape index (κ2) is 3.23. The van der Waals surface area contributed by atoms with Crippen molar-refractivity contribution in [3.05, 3.63) is 22.5 Å². The molecule has 9 heavy (non-hydrogen) atoms. The van der Waals surface area contributed by atoms with Crippen molar-refractivity contribution in [1.29, 1.82) is 0 Å². The number of halogens is 1. The van der Waals surface area contributed by atoms with Crippen LogP contribution < -0.4 is 0 Å². The number of hydrogen-bond donors (Lipinski definition) is 0. The summed E-state index contributed by atoms with van der Waals surface area (Å²) in [6.07, 6.45) is 2.26. The van der Waals surface area contributed by atoms with Gasteiger partial charge in [-0.1, -0.05) is 29.1 Å². The van der Waals surface area contributed by atoms with Crippen molar-refractivity contribution in [2.75, 3.05) is 0 Å². The van der Waals surface area contributed by atoms with E-state index < -0.39 is 8.80 Å². The molecule has 0 saturated heterocycles. The summed E-state index contributed by atoms with van der Waals surface area (Å²) in [6, 6.07) is 0. The maximum absolute atomic E-state index is 2.38. The Morgan fingerprint density at radius 3 is 2.00 bits per heavy atom. The van der Waals surface area contributed by atoms with E-state index in [1.807, 2.05) is 0 Å². The molecule has 0 bridgehead atoms. The summed E-state index contributed by atoms with van der Waals surface area (Å²) in [5.41, 5.74) is 3.88. The zero-order chi connectivity index (χ0) is 6.15. The fraction of sp³-hybridized carbons (Fsp3) is 0.429. The van der Waals surface area contributed by atoms with Crippen LogP contribution in [0.4, 0.5) is 0 Å². The second-order valence-corrected chi connectivity index (χ2v) is 5.34. The summed E-state index contributed by atoms with van der Waals surface area (Å²) in [4.78, 5) is 0. The van der Waals surface area contributed by atoms with Crippen LogP contribution >= 0.6 is 12.4 Å². The van der Waals surface area contributed by atoms with Gasteiger partial charge in [0.25, 0.3) is 0 Å². The Morgan fingerprint density at radius 2 is 1.89 bits per heavy atom. The molecule has 1 heterocycles. The van der Waals surface area contributed by atoms with Gasteiger partial charge in [-0.25, -0.2) is 0 Å². The van der Waals surface area contributed by atoms with E-state index in [1.165, 1.54) is 5.57 Å². The van der Waals surface area contributed by atoms with Crippen molar-refractivity contribution in [1.82, 2.24) is 0 Å². The molecule has 0 amide bonds. The topological polar surface area (TPSA) is 0 Å². The molecule has 0 aromatic rings. The van der Waals surface area contributed by atoms with Gasteiger partial charge in [-0.15, -0.1) is 12.4 Å². The monoisotopic (exact) mass is 160 g/mol. The van der Waals surface area contributed by atoms with Crippen LogP contribution in [0, 0.1) is 0 Å². The van der Waals surface area contributed by atoms with Crippen molar-refractivity contribution >= 4 is 21.2 Å². The van der Waals surface area contributed by atoms with Crippen molar-refractivity contribution < 1.29 is 0 Å². The highest BCUT2D eigenvalue weighted by Gasteiger charge is 2.08. The normalized spacial score (nSPS) is 24.6. The fourth-order valence-corrected chi connectivity index (χ4v) is 2.60. The molecule has 0 radical (unpaired) electrons. The molecular formula is C7H13ClSi. The van der Waals surface area contributed by atoms with Crippen molar-refractivity contribution in [2.24, 2.45) is 0 Å². The lowest BCUT2D eigenvalue weighted by atomic mass is 10.3. The Labute approximate surface area is 64.7 Å². The molecule has 0 fully saturated rings. The molecule has 1 aliphatic rings. The molecule has 0 aromatic carbocycles. The quantitative estimate of drug-likeness (QED) is 0.477. The Balaban J connectivity index is 0.000000640. The SMILES string of the molecule is CC1=C(C)[SiH](C)C=C1.Cl. The van der Waals surface area contributed by atoms with Gasteiger partial charge in [0.2, 0.25) is 0 Å². The molecule has 2 heteroatoms. The van der Waals surface area contributed by atoms with E-state index in [0.29, 0.717) is 0 Å². The zero-order valence-electron chi connectivity index (χ0n) is 6.14. The van der Waals surface area contributed by atoms with Gasteiger partial charge in [0, 0.05) is 0 Å². The van der Waals surface area contributed by atoms with E-state index >= 15 is 0 Å². The summed E-state index contributed by atoms with van der Waals surface area (Å²) in [7, 11) is -0.502. The molecular weight excluding hydrogens is 148 g/mol. The maximum Gasteiger partial charge on any atom is 0.0858 e. The van der Waals surface area contributed by atoms with Gasteiger partial charge < -0.3 is 0 Å². The Bertz CT molecular complexity index is 158. The first-order valence-electron chi connectivity index (χ1n) is 3.07. The number of rotatable bonds is 0. The first-order valence-corrected chi connectivity index (χ1v) is 5.47. The summed E-state index contributed by atoms with van der Waals surface area (Å²) in [5.74, 6) is 0. The fourth-order valence-electron chi connectivity index (χ4n) is 0.924. The highest BCUT2D eigenvalue weighted by molar-refractivity contribution is 6.71. The number of allylic oxidation sites excluding steroid dienone is 3. The minimum Gasteiger partial charge on any atom is -0.147 e. The van der Waals surface area contributed by atoms with Gasteiger partial charge >= 0.3 is 0 Å². The van der Waals surface area contributed by atoms with E-state index in [-0.39, 0.29) is 12.4 Å².